The first kappa shape index (κ1) is 16.6. The summed E-state index contributed by atoms with van der Waals surface area (Å²) in [6.45, 7) is 0.0993. The number of hydrogen-bond acceptors (Lipinski definition) is 4. The molecule has 0 fully saturated rings. The van der Waals surface area contributed by atoms with E-state index < -0.39 is 12.1 Å². The maximum atomic E-state index is 12.0. The van der Waals surface area contributed by atoms with Crippen LogP contribution in [-0.2, 0) is 0 Å². The lowest BCUT2D eigenvalue weighted by molar-refractivity contribution is 0.175. The van der Waals surface area contributed by atoms with Gasteiger partial charge in [-0.3, -0.25) is 0 Å². The fourth-order valence-corrected chi connectivity index (χ4v) is 2.06. The molecule has 0 radical (unpaired) electrons. The van der Waals surface area contributed by atoms with Crippen molar-refractivity contribution < 1.29 is 19.4 Å². The van der Waals surface area contributed by atoms with E-state index in [1.165, 1.54) is 7.11 Å². The Labute approximate surface area is 135 Å². The molecule has 2 amide bonds. The summed E-state index contributed by atoms with van der Waals surface area (Å²) in [5, 5.41) is 15.3. The Bertz CT molecular complexity index is 646. The first-order valence-electron chi connectivity index (χ1n) is 7.14. The van der Waals surface area contributed by atoms with Crippen LogP contribution in [0.25, 0.3) is 0 Å². The number of carbonyl (C=O) groups excluding carboxylic acids is 1. The van der Waals surface area contributed by atoms with Gasteiger partial charge < -0.3 is 25.2 Å². The lowest BCUT2D eigenvalue weighted by Gasteiger charge is -2.15. The third-order valence-electron chi connectivity index (χ3n) is 3.30. The summed E-state index contributed by atoms with van der Waals surface area (Å²) in [6.07, 6.45) is -0.769. The molecule has 0 aliphatic carbocycles. The summed E-state index contributed by atoms with van der Waals surface area (Å²) in [6, 6.07) is 13.8. The number of nitrogens with one attached hydrogen (secondary N) is 2. The molecule has 0 unspecified atom stereocenters. The van der Waals surface area contributed by atoms with Crippen LogP contribution in [0.5, 0.6) is 11.5 Å². The summed E-state index contributed by atoms with van der Waals surface area (Å²) in [4.78, 5) is 12.0. The quantitative estimate of drug-likeness (QED) is 0.765. The molecule has 0 aromatic heterocycles. The van der Waals surface area contributed by atoms with Crippen LogP contribution in [0.15, 0.2) is 48.5 Å². The van der Waals surface area contributed by atoms with Crippen LogP contribution in [0.1, 0.15) is 11.7 Å². The van der Waals surface area contributed by atoms with E-state index >= 15 is 0 Å². The molecule has 0 bridgehead atoms. The SMILES string of the molecule is COc1ccc(OC)c(NC(=O)NC[C@@H](O)c2ccccc2)c1. The van der Waals surface area contributed by atoms with Crippen molar-refractivity contribution in [1.29, 1.82) is 0 Å². The Morgan fingerprint density at radius 3 is 2.52 bits per heavy atom. The number of amides is 2. The van der Waals surface area contributed by atoms with Crippen molar-refractivity contribution in [2.45, 2.75) is 6.10 Å². The van der Waals surface area contributed by atoms with Gasteiger partial charge in [0.05, 0.1) is 26.0 Å². The molecule has 6 heteroatoms. The smallest absolute Gasteiger partial charge is 0.319 e. The second kappa shape index (κ2) is 8.05. The number of methoxy groups -OCH3 is 2. The molecule has 0 saturated heterocycles. The Kier molecular flexibility index (Phi) is 5.82. The molecule has 0 heterocycles. The van der Waals surface area contributed by atoms with Gasteiger partial charge in [-0.25, -0.2) is 4.79 Å². The minimum absolute atomic E-state index is 0.0993. The number of rotatable bonds is 6. The van der Waals surface area contributed by atoms with Crippen LogP contribution in [0, 0.1) is 0 Å². The van der Waals surface area contributed by atoms with Crippen molar-refractivity contribution in [3.63, 3.8) is 0 Å². The van der Waals surface area contributed by atoms with E-state index in [0.29, 0.717) is 17.2 Å². The number of aliphatic hydroxyl groups excluding tert-OH is 1. The fourth-order valence-electron chi connectivity index (χ4n) is 2.06. The average Bonchev–Trinajstić information content (AvgIpc) is 2.60. The number of carbonyl (C=O) groups is 1. The van der Waals surface area contributed by atoms with Crippen LogP contribution in [0.3, 0.4) is 0 Å². The molecule has 2 rings (SSSR count). The highest BCUT2D eigenvalue weighted by Gasteiger charge is 2.11. The second-order valence-electron chi connectivity index (χ2n) is 4.83. The zero-order valence-corrected chi connectivity index (χ0v) is 13.1. The Morgan fingerprint density at radius 2 is 1.87 bits per heavy atom. The molecule has 122 valence electrons. The van der Waals surface area contributed by atoms with E-state index in [4.69, 9.17) is 9.47 Å². The molecule has 0 aliphatic heterocycles. The van der Waals surface area contributed by atoms with Gasteiger partial charge >= 0.3 is 6.03 Å². The minimum Gasteiger partial charge on any atom is -0.497 e. The highest BCUT2D eigenvalue weighted by molar-refractivity contribution is 5.91. The van der Waals surface area contributed by atoms with Crippen LogP contribution in [0.4, 0.5) is 10.5 Å². The molecule has 23 heavy (non-hydrogen) atoms. The minimum atomic E-state index is -0.769. The number of anilines is 1. The van der Waals surface area contributed by atoms with E-state index in [1.54, 1.807) is 37.4 Å². The van der Waals surface area contributed by atoms with E-state index in [2.05, 4.69) is 10.6 Å². The number of urea groups is 1. The largest absolute Gasteiger partial charge is 0.497 e. The van der Waals surface area contributed by atoms with Crippen LogP contribution < -0.4 is 20.1 Å². The zero-order chi connectivity index (χ0) is 16.7. The molecular formula is C17H20N2O4. The van der Waals surface area contributed by atoms with Crippen molar-refractivity contribution in [2.24, 2.45) is 0 Å². The van der Waals surface area contributed by atoms with Gasteiger partial charge in [-0.2, -0.15) is 0 Å². The number of hydrogen-bond donors (Lipinski definition) is 3. The monoisotopic (exact) mass is 316 g/mol. The Hall–Kier alpha value is -2.73. The van der Waals surface area contributed by atoms with Gasteiger partial charge in [0.25, 0.3) is 0 Å². The van der Waals surface area contributed by atoms with Crippen molar-refractivity contribution in [3.05, 3.63) is 54.1 Å². The number of ether oxygens (including phenoxy) is 2. The van der Waals surface area contributed by atoms with E-state index in [9.17, 15) is 9.90 Å². The van der Waals surface area contributed by atoms with Crippen molar-refractivity contribution in [1.82, 2.24) is 5.32 Å². The fraction of sp³-hybridized carbons (Fsp3) is 0.235. The van der Waals surface area contributed by atoms with Gasteiger partial charge in [0.15, 0.2) is 0 Å². The maximum Gasteiger partial charge on any atom is 0.319 e. The van der Waals surface area contributed by atoms with Crippen molar-refractivity contribution in [3.8, 4) is 11.5 Å². The highest BCUT2D eigenvalue weighted by atomic mass is 16.5. The predicted octanol–water partition coefficient (Wildman–Crippen LogP) is 2.56. The van der Waals surface area contributed by atoms with Gasteiger partial charge in [-0.1, -0.05) is 30.3 Å². The summed E-state index contributed by atoms with van der Waals surface area (Å²) >= 11 is 0. The third kappa shape index (κ3) is 4.62. The third-order valence-corrected chi connectivity index (χ3v) is 3.30. The first-order valence-corrected chi connectivity index (χ1v) is 7.14. The predicted molar refractivity (Wildman–Crippen MR) is 88.0 cm³/mol. The molecule has 0 saturated carbocycles. The first-order chi connectivity index (χ1) is 11.1. The van der Waals surface area contributed by atoms with E-state index in [-0.39, 0.29) is 6.54 Å². The topological polar surface area (TPSA) is 79.8 Å². The van der Waals surface area contributed by atoms with Gasteiger partial charge in [-0.15, -0.1) is 0 Å². The van der Waals surface area contributed by atoms with Gasteiger partial charge in [0, 0.05) is 12.6 Å². The zero-order valence-electron chi connectivity index (χ0n) is 13.1. The Balaban J connectivity index is 1.94. The average molecular weight is 316 g/mol. The second-order valence-corrected chi connectivity index (χ2v) is 4.83. The molecule has 2 aromatic carbocycles. The van der Waals surface area contributed by atoms with Crippen molar-refractivity contribution in [2.75, 3.05) is 26.1 Å². The molecule has 3 N–H and O–H groups in total. The van der Waals surface area contributed by atoms with Crippen molar-refractivity contribution >= 4 is 11.7 Å². The lowest BCUT2D eigenvalue weighted by atomic mass is 10.1. The molecule has 1 atom stereocenters. The molecule has 0 spiro atoms. The summed E-state index contributed by atoms with van der Waals surface area (Å²) < 4.78 is 10.3. The summed E-state index contributed by atoms with van der Waals surface area (Å²) in [5.74, 6) is 1.12. The lowest BCUT2D eigenvalue weighted by Crippen LogP contribution is -2.32. The molecule has 6 nitrogen and oxygen atoms in total. The maximum absolute atomic E-state index is 12.0. The highest BCUT2D eigenvalue weighted by Crippen LogP contribution is 2.28. The molecular weight excluding hydrogens is 296 g/mol. The number of benzene rings is 2. The van der Waals surface area contributed by atoms with Gasteiger partial charge in [0.1, 0.15) is 11.5 Å². The Morgan fingerprint density at radius 1 is 1.13 bits per heavy atom. The van der Waals surface area contributed by atoms with Gasteiger partial charge in [0.2, 0.25) is 0 Å². The normalized spacial score (nSPS) is 11.4. The molecule has 2 aromatic rings. The van der Waals surface area contributed by atoms with Gasteiger partial charge in [-0.05, 0) is 17.7 Å². The molecule has 0 aliphatic rings. The van der Waals surface area contributed by atoms with Crippen LogP contribution in [-0.4, -0.2) is 31.9 Å². The van der Waals surface area contributed by atoms with E-state index in [0.717, 1.165) is 5.56 Å². The number of aliphatic hydroxyl groups is 1. The van der Waals surface area contributed by atoms with E-state index in [1.807, 2.05) is 18.2 Å². The standard InChI is InChI=1S/C17H20N2O4/c1-22-13-8-9-16(23-2)14(10-13)19-17(21)18-11-15(20)12-6-4-3-5-7-12/h3-10,15,20H,11H2,1-2H3,(H2,18,19,21)/t15-/m1/s1. The van der Waals surface area contributed by atoms with Crippen LogP contribution in [0.2, 0.25) is 0 Å². The summed E-state index contributed by atoms with van der Waals surface area (Å²) in [7, 11) is 3.06. The van der Waals surface area contributed by atoms with Crippen LogP contribution >= 0.6 is 0 Å². The summed E-state index contributed by atoms with van der Waals surface area (Å²) in [5.41, 5.74) is 1.23.